The number of primary amides is 1. The average Bonchev–Trinajstić information content (AvgIpc) is 2.81. The average molecular weight is 454 g/mol. The molecule has 1 amide bonds. The third kappa shape index (κ3) is 4.62. The highest BCUT2D eigenvalue weighted by Gasteiger charge is 2.28. The van der Waals surface area contributed by atoms with Crippen LogP contribution in [0, 0.1) is 6.92 Å². The van der Waals surface area contributed by atoms with Crippen molar-refractivity contribution < 1.29 is 17.9 Å². The highest BCUT2D eigenvalue weighted by molar-refractivity contribution is 7.89. The number of nitrogens with zero attached hydrogens (tertiary/aromatic N) is 3. The molecular weight excluding hydrogens is 430 g/mol. The van der Waals surface area contributed by atoms with Gasteiger partial charge >= 0.3 is 0 Å². The molecule has 1 aromatic heterocycles. The van der Waals surface area contributed by atoms with Crippen LogP contribution in [0.5, 0.6) is 0 Å². The first kappa shape index (κ1) is 21.9. The van der Waals surface area contributed by atoms with Crippen LogP contribution in [0.25, 0.3) is 11.3 Å². The lowest BCUT2D eigenvalue weighted by atomic mass is 10.1. The lowest BCUT2D eigenvalue weighted by Gasteiger charge is -2.26. The van der Waals surface area contributed by atoms with Gasteiger partial charge in [0.1, 0.15) is 0 Å². The second-order valence-electron chi connectivity index (χ2n) is 7.37. The van der Waals surface area contributed by atoms with Crippen molar-refractivity contribution in [2.75, 3.05) is 31.6 Å². The van der Waals surface area contributed by atoms with Gasteiger partial charge in [-0.15, -0.1) is 10.2 Å². The van der Waals surface area contributed by atoms with Crippen LogP contribution in [-0.2, 0) is 14.8 Å². The zero-order valence-electron chi connectivity index (χ0n) is 17.5. The fourth-order valence-corrected chi connectivity index (χ4v) is 5.04. The molecule has 32 heavy (non-hydrogen) atoms. The summed E-state index contributed by atoms with van der Waals surface area (Å²) in [6, 6.07) is 15.4. The van der Waals surface area contributed by atoms with Crippen LogP contribution in [0.4, 0.5) is 11.5 Å². The number of carbonyl (C=O) groups excluding carboxylic acids is 1. The van der Waals surface area contributed by atoms with E-state index in [9.17, 15) is 13.2 Å². The number of nitrogens with one attached hydrogen (secondary N) is 1. The van der Waals surface area contributed by atoms with Gasteiger partial charge in [0.05, 0.1) is 23.8 Å². The minimum Gasteiger partial charge on any atom is -0.379 e. The third-order valence-corrected chi connectivity index (χ3v) is 7.22. The van der Waals surface area contributed by atoms with Gasteiger partial charge in [0.2, 0.25) is 15.9 Å². The minimum absolute atomic E-state index is 0.260. The summed E-state index contributed by atoms with van der Waals surface area (Å²) in [6.07, 6.45) is 0. The molecule has 0 atom stereocenters. The normalized spacial score (nSPS) is 14.8. The Morgan fingerprint density at radius 2 is 1.75 bits per heavy atom. The Morgan fingerprint density at radius 3 is 2.38 bits per heavy atom. The molecule has 3 aromatic rings. The van der Waals surface area contributed by atoms with E-state index in [2.05, 4.69) is 15.5 Å². The van der Waals surface area contributed by atoms with Gasteiger partial charge in [-0.05, 0) is 55.0 Å². The van der Waals surface area contributed by atoms with Gasteiger partial charge in [-0.3, -0.25) is 4.79 Å². The molecule has 0 aliphatic carbocycles. The number of rotatable bonds is 6. The van der Waals surface area contributed by atoms with E-state index in [1.165, 1.54) is 4.31 Å². The number of anilines is 2. The highest BCUT2D eigenvalue weighted by Crippen LogP contribution is 2.27. The van der Waals surface area contributed by atoms with Crippen LogP contribution < -0.4 is 11.1 Å². The van der Waals surface area contributed by atoms with Crippen molar-refractivity contribution in [2.24, 2.45) is 5.73 Å². The van der Waals surface area contributed by atoms with E-state index in [1.807, 2.05) is 6.07 Å². The zero-order valence-corrected chi connectivity index (χ0v) is 18.3. The number of nitrogens with two attached hydrogens (primary N) is 1. The molecule has 166 valence electrons. The summed E-state index contributed by atoms with van der Waals surface area (Å²) in [7, 11) is -3.62. The van der Waals surface area contributed by atoms with Crippen molar-refractivity contribution >= 4 is 27.4 Å². The van der Waals surface area contributed by atoms with Crippen molar-refractivity contribution in [1.82, 2.24) is 14.5 Å². The van der Waals surface area contributed by atoms with E-state index < -0.39 is 15.9 Å². The molecule has 3 N–H and O–H groups in total. The lowest BCUT2D eigenvalue weighted by molar-refractivity contribution is 0.0730. The predicted octanol–water partition coefficient (Wildman–Crippen LogP) is 2.32. The number of aromatic nitrogens is 2. The van der Waals surface area contributed by atoms with Crippen molar-refractivity contribution in [3.8, 4) is 11.3 Å². The number of hydrogen-bond acceptors (Lipinski definition) is 7. The van der Waals surface area contributed by atoms with Crippen molar-refractivity contribution in [1.29, 1.82) is 0 Å². The number of hydrogen-bond donors (Lipinski definition) is 2. The maximum atomic E-state index is 13.1. The molecule has 1 aliphatic heterocycles. The maximum absolute atomic E-state index is 13.1. The number of carbonyl (C=O) groups is 1. The molecule has 0 radical (unpaired) electrons. The summed E-state index contributed by atoms with van der Waals surface area (Å²) in [5.41, 5.74) is 8.28. The fraction of sp³-hybridized carbons (Fsp3) is 0.227. The summed E-state index contributed by atoms with van der Waals surface area (Å²) in [5.74, 6) is 0.0163. The van der Waals surface area contributed by atoms with Crippen LogP contribution in [-0.4, -0.2) is 55.1 Å². The van der Waals surface area contributed by atoms with Crippen molar-refractivity contribution in [3.63, 3.8) is 0 Å². The quantitative estimate of drug-likeness (QED) is 0.586. The van der Waals surface area contributed by atoms with Crippen LogP contribution in [0.15, 0.2) is 59.5 Å². The number of benzene rings is 2. The Kier molecular flexibility index (Phi) is 6.17. The number of sulfonamides is 1. The summed E-state index contributed by atoms with van der Waals surface area (Å²) < 4.78 is 32.9. The Bertz CT molecular complexity index is 1220. The van der Waals surface area contributed by atoms with Crippen LogP contribution in [0.2, 0.25) is 0 Å². The third-order valence-electron chi connectivity index (χ3n) is 5.18. The lowest BCUT2D eigenvalue weighted by Crippen LogP contribution is -2.40. The van der Waals surface area contributed by atoms with Gasteiger partial charge in [0, 0.05) is 29.9 Å². The van der Waals surface area contributed by atoms with E-state index in [4.69, 9.17) is 10.5 Å². The first-order chi connectivity index (χ1) is 15.3. The fourth-order valence-electron chi connectivity index (χ4n) is 3.38. The standard InChI is InChI=1S/C22H23N5O4S/c1-15-2-3-17(14-20(15)32(29,30)27-10-12-31-13-11-27)19-8-9-21(26-25-19)24-18-6-4-16(5-7-18)22(23)28/h2-9,14H,10-13H2,1H3,(H2,23,28)(H,24,26). The smallest absolute Gasteiger partial charge is 0.248 e. The molecule has 9 nitrogen and oxygen atoms in total. The van der Waals surface area contributed by atoms with Gasteiger partial charge in [0.25, 0.3) is 0 Å². The molecule has 0 unspecified atom stereocenters. The number of aryl methyl sites for hydroxylation is 1. The Hall–Kier alpha value is -3.34. The van der Waals surface area contributed by atoms with E-state index >= 15 is 0 Å². The predicted molar refractivity (Wildman–Crippen MR) is 120 cm³/mol. The topological polar surface area (TPSA) is 128 Å². The molecule has 0 bridgehead atoms. The highest BCUT2D eigenvalue weighted by atomic mass is 32.2. The molecule has 1 saturated heterocycles. The molecular formula is C22H23N5O4S. The summed E-state index contributed by atoms with van der Waals surface area (Å²) in [6.45, 7) is 3.24. The van der Waals surface area contributed by atoms with E-state index in [1.54, 1.807) is 55.5 Å². The van der Waals surface area contributed by atoms with Crippen LogP contribution in [0.1, 0.15) is 15.9 Å². The summed E-state index contributed by atoms with van der Waals surface area (Å²) >= 11 is 0. The molecule has 1 fully saturated rings. The van der Waals surface area contributed by atoms with Gasteiger partial charge in [-0.2, -0.15) is 4.31 Å². The zero-order chi connectivity index (χ0) is 22.7. The second kappa shape index (κ2) is 9.03. The molecule has 10 heteroatoms. The Balaban J connectivity index is 1.55. The first-order valence-electron chi connectivity index (χ1n) is 10.0. The van der Waals surface area contributed by atoms with Gasteiger partial charge in [-0.25, -0.2) is 8.42 Å². The largest absolute Gasteiger partial charge is 0.379 e. The van der Waals surface area contributed by atoms with Crippen LogP contribution in [0.3, 0.4) is 0 Å². The monoisotopic (exact) mass is 453 g/mol. The first-order valence-corrected chi connectivity index (χ1v) is 11.5. The molecule has 2 heterocycles. The summed E-state index contributed by atoms with van der Waals surface area (Å²) in [5, 5.41) is 11.5. The molecule has 0 saturated carbocycles. The van der Waals surface area contributed by atoms with E-state index in [0.29, 0.717) is 54.5 Å². The SMILES string of the molecule is Cc1ccc(-c2ccc(Nc3ccc(C(N)=O)cc3)nn2)cc1S(=O)(=O)N1CCOCC1. The van der Waals surface area contributed by atoms with Gasteiger partial charge in [-0.1, -0.05) is 12.1 Å². The molecule has 1 aliphatic rings. The molecule has 2 aromatic carbocycles. The Labute approximate surface area is 186 Å². The second-order valence-corrected chi connectivity index (χ2v) is 9.27. The van der Waals surface area contributed by atoms with E-state index in [-0.39, 0.29) is 4.90 Å². The molecule has 0 spiro atoms. The van der Waals surface area contributed by atoms with Crippen molar-refractivity contribution in [2.45, 2.75) is 11.8 Å². The number of morpholine rings is 1. The maximum Gasteiger partial charge on any atom is 0.248 e. The molecule has 4 rings (SSSR count). The number of ether oxygens (including phenoxy) is 1. The summed E-state index contributed by atoms with van der Waals surface area (Å²) in [4.78, 5) is 11.4. The van der Waals surface area contributed by atoms with Crippen molar-refractivity contribution in [3.05, 3.63) is 65.7 Å². The number of amides is 1. The van der Waals surface area contributed by atoms with Crippen LogP contribution >= 0.6 is 0 Å². The van der Waals surface area contributed by atoms with E-state index in [0.717, 1.165) is 5.69 Å². The Morgan fingerprint density at radius 1 is 1.03 bits per heavy atom. The van der Waals surface area contributed by atoms with Gasteiger partial charge in [0.15, 0.2) is 5.82 Å². The van der Waals surface area contributed by atoms with Gasteiger partial charge < -0.3 is 15.8 Å². The minimum atomic E-state index is -3.62.